The number of benzene rings is 1. The van der Waals surface area contributed by atoms with Crippen LogP contribution in [0.4, 0.5) is 0 Å². The molecule has 1 aromatic carbocycles. The van der Waals surface area contributed by atoms with E-state index in [9.17, 15) is 13.2 Å². The summed E-state index contributed by atoms with van der Waals surface area (Å²) in [7, 11) is -2.65. The average molecular weight is 701 g/mol. The van der Waals surface area contributed by atoms with Crippen LogP contribution < -0.4 is 0 Å². The highest BCUT2D eigenvalue weighted by atomic mass is 32.2. The first-order valence-corrected chi connectivity index (χ1v) is 19.4. The molecule has 1 saturated carbocycles. The molecule has 272 valence electrons. The minimum atomic E-state index is -4.05. The van der Waals surface area contributed by atoms with Crippen LogP contribution in [0.25, 0.3) is 0 Å². The van der Waals surface area contributed by atoms with Crippen molar-refractivity contribution in [1.82, 2.24) is 0 Å². The van der Waals surface area contributed by atoms with Gasteiger partial charge in [-0.25, -0.2) is 0 Å². The quantitative estimate of drug-likeness (QED) is 0.0535. The number of esters is 1. The average Bonchev–Trinajstić information content (AvgIpc) is 3.40. The fourth-order valence-corrected chi connectivity index (χ4v) is 7.85. The number of rotatable bonds is 17. The van der Waals surface area contributed by atoms with Crippen LogP contribution in [-0.2, 0) is 42.8 Å². The third kappa shape index (κ3) is 12.6. The third-order valence-electron chi connectivity index (χ3n) is 9.58. The van der Waals surface area contributed by atoms with Gasteiger partial charge in [0.15, 0.2) is 12.6 Å². The van der Waals surface area contributed by atoms with E-state index in [1.54, 1.807) is 24.3 Å². The predicted octanol–water partition coefficient (Wildman–Crippen LogP) is 7.57. The summed E-state index contributed by atoms with van der Waals surface area (Å²) in [6.07, 6.45) is 16.5. The SMILES string of the molecule is CC#CCCC(C)(C=C[C@@H]1[C@@H](CC=CCCCC(=O)OC)[C@H](OS(=O)(=O)c2ccc(C)cc2)C[C@H]1OC1CCCCO1)OC1CCCCO1. The molecule has 4 rings (SSSR count). The lowest BCUT2D eigenvalue weighted by molar-refractivity contribution is -0.208. The van der Waals surface area contributed by atoms with E-state index in [2.05, 4.69) is 37.0 Å². The fourth-order valence-electron chi connectivity index (χ4n) is 6.73. The Morgan fingerprint density at radius 1 is 1.02 bits per heavy atom. The van der Waals surface area contributed by atoms with Crippen molar-refractivity contribution in [2.75, 3.05) is 20.3 Å². The highest BCUT2D eigenvalue weighted by Crippen LogP contribution is 2.43. The number of hydrogen-bond donors (Lipinski definition) is 0. The van der Waals surface area contributed by atoms with Crippen LogP contribution in [0, 0.1) is 30.6 Å². The van der Waals surface area contributed by atoms with Gasteiger partial charge in [0.1, 0.15) is 0 Å². The summed E-state index contributed by atoms with van der Waals surface area (Å²) < 4.78 is 63.3. The van der Waals surface area contributed by atoms with Gasteiger partial charge in [-0.2, -0.15) is 8.42 Å². The standard InChI is InChI=1S/C39H56O9S/c1-5-6-13-25-39(3,47-38-19-12-15-28-45-38)26-24-33-32(16-9-7-8-10-17-36(40)43-4)35(29-34(33)46-37-18-11-14-27-44-37)48-49(41,42)31-22-20-30(2)21-23-31/h7,9,20-24,26,32-35,37-38H,8,10-19,25,27-29H2,1-4H3/t32-,33-,34-,35-,37?,38?,39?/m1/s1. The molecule has 49 heavy (non-hydrogen) atoms. The van der Waals surface area contributed by atoms with Gasteiger partial charge in [0, 0.05) is 38.4 Å². The van der Waals surface area contributed by atoms with Crippen LogP contribution in [0.3, 0.4) is 0 Å². The van der Waals surface area contributed by atoms with Crippen LogP contribution in [0.2, 0.25) is 0 Å². The second-order valence-electron chi connectivity index (χ2n) is 13.5. The molecule has 3 unspecified atom stereocenters. The molecule has 3 aliphatic rings. The van der Waals surface area contributed by atoms with Crippen molar-refractivity contribution in [1.29, 1.82) is 0 Å². The normalized spacial score (nSPS) is 27.5. The summed E-state index contributed by atoms with van der Waals surface area (Å²) in [5.74, 6) is 5.53. The topological polar surface area (TPSA) is 107 Å². The Labute approximate surface area is 294 Å². The highest BCUT2D eigenvalue weighted by Gasteiger charge is 2.46. The van der Waals surface area contributed by atoms with Crippen molar-refractivity contribution >= 4 is 16.1 Å². The van der Waals surface area contributed by atoms with Crippen LogP contribution in [-0.4, -0.2) is 65.1 Å². The van der Waals surface area contributed by atoms with Crippen LogP contribution in [0.1, 0.15) is 103 Å². The molecule has 0 aromatic heterocycles. The Kier molecular flexibility index (Phi) is 15.8. The van der Waals surface area contributed by atoms with Gasteiger partial charge >= 0.3 is 5.97 Å². The summed E-state index contributed by atoms with van der Waals surface area (Å²) in [5.41, 5.74) is 0.314. The number of aryl methyl sites for hydroxylation is 1. The molecule has 3 fully saturated rings. The summed E-state index contributed by atoms with van der Waals surface area (Å²) in [5, 5.41) is 0. The minimum Gasteiger partial charge on any atom is -0.469 e. The van der Waals surface area contributed by atoms with Gasteiger partial charge in [0.25, 0.3) is 10.1 Å². The third-order valence-corrected chi connectivity index (χ3v) is 10.9. The molecular weight excluding hydrogens is 644 g/mol. The zero-order valence-corrected chi connectivity index (χ0v) is 30.6. The summed E-state index contributed by atoms with van der Waals surface area (Å²) in [6.45, 7) is 7.15. The minimum absolute atomic E-state index is 0.132. The van der Waals surface area contributed by atoms with Gasteiger partial charge in [0.05, 0.1) is 29.8 Å². The first-order valence-electron chi connectivity index (χ1n) is 18.0. The molecule has 9 nitrogen and oxygen atoms in total. The molecule has 1 aromatic rings. The van der Waals surface area contributed by atoms with E-state index in [4.69, 9.17) is 27.9 Å². The molecule has 0 spiro atoms. The highest BCUT2D eigenvalue weighted by molar-refractivity contribution is 7.86. The van der Waals surface area contributed by atoms with E-state index in [0.29, 0.717) is 58.2 Å². The van der Waals surface area contributed by atoms with Gasteiger partial charge in [-0.15, -0.1) is 11.8 Å². The van der Waals surface area contributed by atoms with Gasteiger partial charge in [-0.1, -0.05) is 42.0 Å². The van der Waals surface area contributed by atoms with Crippen LogP contribution >= 0.6 is 0 Å². The number of unbranched alkanes of at least 4 members (excludes halogenated alkanes) is 1. The molecule has 0 N–H and O–H groups in total. The molecule has 2 saturated heterocycles. The van der Waals surface area contributed by atoms with Crippen molar-refractivity contribution in [3.8, 4) is 11.8 Å². The predicted molar refractivity (Wildman–Crippen MR) is 188 cm³/mol. The van der Waals surface area contributed by atoms with Gasteiger partial charge in [-0.05, 0) is 103 Å². The lowest BCUT2D eigenvalue weighted by Crippen LogP contribution is -2.36. The zero-order valence-electron chi connectivity index (χ0n) is 29.8. The van der Waals surface area contributed by atoms with E-state index in [0.717, 1.165) is 44.1 Å². The van der Waals surface area contributed by atoms with Crippen molar-refractivity contribution in [3.05, 3.63) is 54.1 Å². The van der Waals surface area contributed by atoms with Crippen LogP contribution in [0.15, 0.2) is 53.5 Å². The maximum atomic E-state index is 13.6. The van der Waals surface area contributed by atoms with Gasteiger partial charge in [-0.3, -0.25) is 8.98 Å². The number of methoxy groups -OCH3 is 1. The molecule has 2 heterocycles. The largest absolute Gasteiger partial charge is 0.469 e. The van der Waals surface area contributed by atoms with Gasteiger partial charge in [0.2, 0.25) is 0 Å². The molecule has 7 atom stereocenters. The molecule has 0 bridgehead atoms. The van der Waals surface area contributed by atoms with Crippen LogP contribution in [0.5, 0.6) is 0 Å². The van der Waals surface area contributed by atoms with E-state index in [1.165, 1.54) is 7.11 Å². The number of carbonyl (C=O) groups excluding carboxylic acids is 1. The first-order chi connectivity index (χ1) is 23.6. The van der Waals surface area contributed by atoms with Crippen molar-refractivity contribution in [2.45, 2.75) is 140 Å². The Morgan fingerprint density at radius 2 is 1.73 bits per heavy atom. The van der Waals surface area contributed by atoms with E-state index in [1.807, 2.05) is 19.9 Å². The Balaban J connectivity index is 1.63. The molecule has 0 radical (unpaired) electrons. The lowest BCUT2D eigenvalue weighted by atomic mass is 9.87. The van der Waals surface area contributed by atoms with E-state index >= 15 is 0 Å². The van der Waals surface area contributed by atoms with E-state index in [-0.39, 0.29) is 41.4 Å². The summed E-state index contributed by atoms with van der Waals surface area (Å²) in [6, 6.07) is 6.73. The number of carbonyl (C=O) groups is 1. The zero-order chi connectivity index (χ0) is 35.1. The Hall–Kier alpha value is -2.52. The molecule has 2 aliphatic heterocycles. The second kappa shape index (κ2) is 19.8. The smallest absolute Gasteiger partial charge is 0.305 e. The van der Waals surface area contributed by atoms with Gasteiger partial charge < -0.3 is 23.7 Å². The van der Waals surface area contributed by atoms with Crippen molar-refractivity contribution in [2.24, 2.45) is 11.8 Å². The monoisotopic (exact) mass is 700 g/mol. The summed E-state index contributed by atoms with van der Waals surface area (Å²) in [4.78, 5) is 11.7. The number of allylic oxidation sites excluding steroid dienone is 2. The maximum absolute atomic E-state index is 13.6. The Bertz CT molecular complexity index is 1380. The number of hydrogen-bond acceptors (Lipinski definition) is 9. The second-order valence-corrected chi connectivity index (χ2v) is 15.1. The number of ether oxygens (including phenoxy) is 5. The first kappa shape index (κ1) is 39.3. The maximum Gasteiger partial charge on any atom is 0.305 e. The molecule has 1 aliphatic carbocycles. The fraction of sp³-hybridized carbons (Fsp3) is 0.667. The van der Waals surface area contributed by atoms with E-state index < -0.39 is 21.8 Å². The van der Waals surface area contributed by atoms with Crippen molar-refractivity contribution in [3.63, 3.8) is 0 Å². The lowest BCUT2D eigenvalue weighted by Gasteiger charge is -2.34. The van der Waals surface area contributed by atoms with Crippen molar-refractivity contribution < 1.29 is 41.1 Å². The molecule has 10 heteroatoms. The Morgan fingerprint density at radius 3 is 2.39 bits per heavy atom. The molecular formula is C39H56O9S. The summed E-state index contributed by atoms with van der Waals surface area (Å²) >= 11 is 0. The molecule has 0 amide bonds.